The molecule has 4 aromatic rings. The summed E-state index contributed by atoms with van der Waals surface area (Å²) in [6, 6.07) is 16.1. The number of hydrogen-bond donors (Lipinski definition) is 0. The number of fused-ring (bicyclic) bond motifs is 3. The van der Waals surface area contributed by atoms with Crippen LogP contribution in [-0.2, 0) is 11.2 Å². The molecule has 1 aliphatic carbocycles. The molecule has 34 heavy (non-hydrogen) atoms. The number of piperazine rings is 1. The van der Waals surface area contributed by atoms with Crippen LogP contribution in [0.2, 0.25) is 5.02 Å². The lowest BCUT2D eigenvalue weighted by atomic mass is 9.84. The van der Waals surface area contributed by atoms with Gasteiger partial charge in [-0.25, -0.2) is 9.38 Å². The fourth-order valence-corrected chi connectivity index (χ4v) is 5.27. The average Bonchev–Trinajstić information content (AvgIpc) is 3.21. The van der Waals surface area contributed by atoms with Crippen molar-refractivity contribution in [2.24, 2.45) is 5.92 Å². The van der Waals surface area contributed by atoms with Crippen LogP contribution in [0.3, 0.4) is 0 Å². The lowest BCUT2D eigenvalue weighted by Crippen LogP contribution is -2.56. The molecule has 1 saturated heterocycles. The lowest BCUT2D eigenvalue weighted by molar-refractivity contribution is -0.140. The van der Waals surface area contributed by atoms with Gasteiger partial charge in [0.25, 0.3) is 0 Å². The fourth-order valence-electron chi connectivity index (χ4n) is 5.11. The number of carbonyl (C=O) groups excluding carboxylic acids is 1. The van der Waals surface area contributed by atoms with Crippen molar-refractivity contribution in [3.8, 4) is 0 Å². The molecule has 1 unspecified atom stereocenters. The molecule has 1 saturated carbocycles. The monoisotopic (exact) mass is 474 g/mol. The largest absolute Gasteiger partial charge is 0.338 e. The van der Waals surface area contributed by atoms with Crippen LogP contribution in [0, 0.1) is 5.92 Å². The van der Waals surface area contributed by atoms with Gasteiger partial charge in [-0.05, 0) is 43.5 Å². The Kier molecular flexibility index (Phi) is 5.37. The molecule has 0 radical (unpaired) electrons. The summed E-state index contributed by atoms with van der Waals surface area (Å²) in [7, 11) is 0. The highest BCUT2D eigenvalue weighted by molar-refractivity contribution is 6.31. The summed E-state index contributed by atoms with van der Waals surface area (Å²) < 4.78 is 2.08. The summed E-state index contributed by atoms with van der Waals surface area (Å²) in [5.41, 5.74) is 2.75. The summed E-state index contributed by atoms with van der Waals surface area (Å²) in [4.78, 5) is 22.3. The summed E-state index contributed by atoms with van der Waals surface area (Å²) in [5, 5.41) is 10.7. The third-order valence-corrected chi connectivity index (χ3v) is 7.44. The van der Waals surface area contributed by atoms with Gasteiger partial charge >= 0.3 is 0 Å². The minimum atomic E-state index is 0.114. The van der Waals surface area contributed by atoms with Gasteiger partial charge in [0.2, 0.25) is 11.9 Å². The van der Waals surface area contributed by atoms with Crippen molar-refractivity contribution in [1.82, 2.24) is 24.5 Å². The number of carbonyl (C=O) groups is 1. The Morgan fingerprint density at radius 1 is 1.09 bits per heavy atom. The minimum Gasteiger partial charge on any atom is -0.338 e. The quantitative estimate of drug-likeness (QED) is 0.439. The number of anilines is 1. The Morgan fingerprint density at radius 3 is 2.65 bits per heavy atom. The number of rotatable bonds is 4. The summed E-state index contributed by atoms with van der Waals surface area (Å²) >= 11 is 6.31. The van der Waals surface area contributed by atoms with Gasteiger partial charge in [0.05, 0.1) is 5.52 Å². The standard InChI is InChI=1S/C26H27ClN6O/c1-17-16-31(12-13-32(17)25(34)19-8-5-9-19)26-28-22-15-20(27)10-11-21(22)24-30-29-23(33(24)26)14-18-6-3-2-4-7-18/h2-4,6-7,10-11,15,17,19H,5,8-9,12-14,16H2,1H3. The first-order valence-electron chi connectivity index (χ1n) is 12.0. The molecular weight excluding hydrogens is 448 g/mol. The number of benzene rings is 2. The fraction of sp³-hybridized carbons (Fsp3) is 0.385. The van der Waals surface area contributed by atoms with E-state index in [0.717, 1.165) is 54.3 Å². The van der Waals surface area contributed by atoms with Crippen LogP contribution in [-0.4, -0.2) is 56.1 Å². The summed E-state index contributed by atoms with van der Waals surface area (Å²) in [6.45, 7) is 4.27. The predicted molar refractivity (Wildman–Crippen MR) is 133 cm³/mol. The Hall–Kier alpha value is -3.19. The summed E-state index contributed by atoms with van der Waals surface area (Å²) in [6.07, 6.45) is 3.89. The van der Waals surface area contributed by atoms with Gasteiger partial charge < -0.3 is 9.80 Å². The maximum absolute atomic E-state index is 12.9. The van der Waals surface area contributed by atoms with Gasteiger partial charge in [-0.1, -0.05) is 48.4 Å². The van der Waals surface area contributed by atoms with E-state index >= 15 is 0 Å². The maximum Gasteiger partial charge on any atom is 0.226 e. The zero-order chi connectivity index (χ0) is 23.2. The van der Waals surface area contributed by atoms with E-state index in [4.69, 9.17) is 16.6 Å². The van der Waals surface area contributed by atoms with Crippen LogP contribution in [0.5, 0.6) is 0 Å². The van der Waals surface area contributed by atoms with Crippen molar-refractivity contribution in [2.45, 2.75) is 38.6 Å². The van der Waals surface area contributed by atoms with E-state index in [0.29, 0.717) is 23.9 Å². The third-order valence-electron chi connectivity index (χ3n) is 7.20. The van der Waals surface area contributed by atoms with E-state index < -0.39 is 0 Å². The molecule has 1 amide bonds. The molecule has 2 aromatic carbocycles. The highest BCUT2D eigenvalue weighted by Gasteiger charge is 2.35. The second-order valence-electron chi connectivity index (χ2n) is 9.47. The Bertz CT molecular complexity index is 1370. The molecule has 174 valence electrons. The van der Waals surface area contributed by atoms with Crippen molar-refractivity contribution in [2.75, 3.05) is 24.5 Å². The van der Waals surface area contributed by atoms with Crippen molar-refractivity contribution < 1.29 is 4.79 Å². The van der Waals surface area contributed by atoms with Crippen molar-refractivity contribution >= 4 is 40.0 Å². The highest BCUT2D eigenvalue weighted by atomic mass is 35.5. The maximum atomic E-state index is 12.9. The van der Waals surface area contributed by atoms with Crippen LogP contribution in [0.4, 0.5) is 5.95 Å². The molecule has 2 aromatic heterocycles. The Morgan fingerprint density at radius 2 is 1.91 bits per heavy atom. The molecule has 0 bridgehead atoms. The third kappa shape index (κ3) is 3.68. The Labute approximate surface area is 203 Å². The first-order chi connectivity index (χ1) is 16.6. The molecule has 0 N–H and O–H groups in total. The van der Waals surface area contributed by atoms with Crippen LogP contribution in [0.1, 0.15) is 37.6 Å². The SMILES string of the molecule is CC1CN(c2nc3cc(Cl)ccc3c3nnc(Cc4ccccc4)n23)CCN1C(=O)C1CCC1. The second-order valence-corrected chi connectivity index (χ2v) is 9.90. The van der Waals surface area contributed by atoms with Crippen LogP contribution in [0.25, 0.3) is 16.6 Å². The zero-order valence-corrected chi connectivity index (χ0v) is 19.9. The van der Waals surface area contributed by atoms with E-state index in [1.54, 1.807) is 0 Å². The molecule has 0 spiro atoms. The van der Waals surface area contributed by atoms with Gasteiger partial charge in [-0.15, -0.1) is 10.2 Å². The van der Waals surface area contributed by atoms with Crippen LogP contribution < -0.4 is 4.90 Å². The van der Waals surface area contributed by atoms with Crippen molar-refractivity contribution in [3.63, 3.8) is 0 Å². The first-order valence-corrected chi connectivity index (χ1v) is 12.4. The number of amides is 1. The van der Waals surface area contributed by atoms with E-state index in [1.165, 1.54) is 12.0 Å². The van der Waals surface area contributed by atoms with E-state index in [9.17, 15) is 4.79 Å². The van der Waals surface area contributed by atoms with E-state index in [2.05, 4.69) is 43.5 Å². The number of halogens is 1. The van der Waals surface area contributed by atoms with E-state index in [1.807, 2.05) is 36.4 Å². The van der Waals surface area contributed by atoms with Gasteiger partial charge in [0.15, 0.2) is 5.65 Å². The molecule has 7 nitrogen and oxygen atoms in total. The number of aromatic nitrogens is 4. The van der Waals surface area contributed by atoms with Gasteiger partial charge in [-0.3, -0.25) is 4.79 Å². The molecule has 2 fully saturated rings. The molecular formula is C26H27ClN6O. The molecule has 6 rings (SSSR count). The minimum absolute atomic E-state index is 0.114. The smallest absolute Gasteiger partial charge is 0.226 e. The normalized spacial score (nSPS) is 19.1. The van der Waals surface area contributed by atoms with Gasteiger partial charge in [-0.2, -0.15) is 0 Å². The van der Waals surface area contributed by atoms with Crippen LogP contribution in [0.15, 0.2) is 48.5 Å². The molecule has 8 heteroatoms. The molecule has 1 aliphatic heterocycles. The molecule has 2 aliphatic rings. The van der Waals surface area contributed by atoms with Crippen molar-refractivity contribution in [1.29, 1.82) is 0 Å². The van der Waals surface area contributed by atoms with E-state index in [-0.39, 0.29) is 12.0 Å². The van der Waals surface area contributed by atoms with Crippen molar-refractivity contribution in [3.05, 3.63) is 64.9 Å². The highest BCUT2D eigenvalue weighted by Crippen LogP contribution is 2.31. The zero-order valence-electron chi connectivity index (χ0n) is 19.2. The van der Waals surface area contributed by atoms with Crippen LogP contribution >= 0.6 is 11.6 Å². The van der Waals surface area contributed by atoms with Gasteiger partial charge in [0, 0.05) is 48.4 Å². The summed E-state index contributed by atoms with van der Waals surface area (Å²) in [5.74, 6) is 2.19. The molecule has 3 heterocycles. The second kappa shape index (κ2) is 8.55. The molecule has 1 atom stereocenters. The predicted octanol–water partition coefficient (Wildman–Crippen LogP) is 4.36. The number of nitrogens with zero attached hydrogens (tertiary/aromatic N) is 6. The average molecular weight is 475 g/mol. The Balaban J connectivity index is 1.41. The number of hydrogen-bond acceptors (Lipinski definition) is 5. The van der Waals surface area contributed by atoms with Gasteiger partial charge in [0.1, 0.15) is 5.82 Å². The first kappa shape index (κ1) is 21.4. The topological polar surface area (TPSA) is 66.6 Å². The lowest BCUT2D eigenvalue weighted by Gasteiger charge is -2.43.